The van der Waals surface area contributed by atoms with Crippen molar-refractivity contribution in [1.29, 1.82) is 0 Å². The summed E-state index contributed by atoms with van der Waals surface area (Å²) in [7, 11) is -3.68. The molecule has 0 aliphatic carbocycles. The molecule has 0 radical (unpaired) electrons. The Morgan fingerprint density at radius 2 is 2.00 bits per heavy atom. The van der Waals surface area contributed by atoms with Crippen LogP contribution in [0.4, 0.5) is 5.13 Å². The molecular weight excluding hydrogens is 364 g/mol. The first-order chi connectivity index (χ1) is 9.42. The van der Waals surface area contributed by atoms with Crippen LogP contribution < -0.4 is 4.72 Å². The number of nitrogens with zero attached hydrogens (tertiary/aromatic N) is 1. The molecule has 0 atom stereocenters. The van der Waals surface area contributed by atoms with Crippen LogP contribution in [0.25, 0.3) is 0 Å². The molecule has 0 saturated carbocycles. The smallest absolute Gasteiger partial charge is 0.263 e. The summed E-state index contributed by atoms with van der Waals surface area (Å²) >= 11 is 4.37. The monoisotopic (exact) mass is 374 g/mol. The van der Waals surface area contributed by atoms with Crippen LogP contribution >= 0.6 is 27.3 Å². The lowest BCUT2D eigenvalue weighted by atomic mass is 10.2. The molecule has 0 unspecified atom stereocenters. The maximum Gasteiger partial charge on any atom is 0.263 e. The van der Waals surface area contributed by atoms with Crippen molar-refractivity contribution in [3.8, 4) is 0 Å². The van der Waals surface area contributed by atoms with E-state index >= 15 is 0 Å². The topological polar surface area (TPSA) is 76.1 Å². The van der Waals surface area contributed by atoms with Crippen LogP contribution in [0.3, 0.4) is 0 Å². The summed E-state index contributed by atoms with van der Waals surface area (Å²) in [6, 6.07) is 6.51. The number of rotatable bonds is 5. The zero-order valence-corrected chi connectivity index (χ0v) is 13.7. The molecule has 106 valence electrons. The Morgan fingerprint density at radius 3 is 2.50 bits per heavy atom. The zero-order valence-electron chi connectivity index (χ0n) is 10.5. The number of hydrogen-bond donors (Lipinski definition) is 1. The van der Waals surface area contributed by atoms with Crippen LogP contribution in [0, 0.1) is 0 Å². The minimum absolute atomic E-state index is 0.154. The first kappa shape index (κ1) is 15.1. The average molecular weight is 375 g/mol. The van der Waals surface area contributed by atoms with Gasteiger partial charge in [0.15, 0.2) is 10.9 Å². The Kier molecular flexibility index (Phi) is 4.56. The van der Waals surface area contributed by atoms with Crippen molar-refractivity contribution < 1.29 is 13.2 Å². The molecule has 0 bridgehead atoms. The molecule has 1 aromatic heterocycles. The van der Waals surface area contributed by atoms with Gasteiger partial charge in [0.05, 0.1) is 4.90 Å². The predicted molar refractivity (Wildman–Crippen MR) is 82.0 cm³/mol. The molecule has 0 fully saturated rings. The van der Waals surface area contributed by atoms with Gasteiger partial charge in [0.1, 0.15) is 5.69 Å². The van der Waals surface area contributed by atoms with E-state index in [1.165, 1.54) is 24.4 Å². The third-order valence-corrected chi connectivity index (χ3v) is 5.36. The average Bonchev–Trinajstić information content (AvgIpc) is 2.87. The fourth-order valence-electron chi connectivity index (χ4n) is 1.41. The van der Waals surface area contributed by atoms with Gasteiger partial charge in [-0.25, -0.2) is 13.4 Å². The van der Waals surface area contributed by atoms with Gasteiger partial charge in [-0.1, -0.05) is 28.1 Å². The summed E-state index contributed by atoms with van der Waals surface area (Å²) < 4.78 is 26.6. The number of hydrogen-bond acceptors (Lipinski definition) is 5. The summed E-state index contributed by atoms with van der Waals surface area (Å²) in [5.74, 6) is -0.201. The van der Waals surface area contributed by atoms with Crippen molar-refractivity contribution in [3.63, 3.8) is 0 Å². The van der Waals surface area contributed by atoms with Gasteiger partial charge in [0.2, 0.25) is 0 Å². The molecule has 0 saturated heterocycles. The Morgan fingerprint density at radius 1 is 1.35 bits per heavy atom. The fourth-order valence-corrected chi connectivity index (χ4v) is 3.79. The number of benzene rings is 1. The number of carbonyl (C=O) groups is 1. The van der Waals surface area contributed by atoms with Crippen molar-refractivity contribution >= 4 is 48.2 Å². The molecule has 0 amide bonds. The van der Waals surface area contributed by atoms with E-state index in [9.17, 15) is 13.2 Å². The number of halogens is 1. The molecule has 0 spiro atoms. The van der Waals surface area contributed by atoms with Gasteiger partial charge in [0.25, 0.3) is 10.0 Å². The number of anilines is 1. The molecule has 1 aromatic carbocycles. The molecular formula is C12H11BrN2O3S2. The summed E-state index contributed by atoms with van der Waals surface area (Å²) in [5, 5.41) is 2.36. The highest BCUT2D eigenvalue weighted by molar-refractivity contribution is 9.08. The highest BCUT2D eigenvalue weighted by Crippen LogP contribution is 2.21. The Hall–Kier alpha value is -1.25. The van der Waals surface area contributed by atoms with E-state index in [2.05, 4.69) is 25.6 Å². The Bertz CT molecular complexity index is 723. The number of thiazole rings is 1. The van der Waals surface area contributed by atoms with Crippen molar-refractivity contribution in [2.24, 2.45) is 0 Å². The van der Waals surface area contributed by atoms with E-state index in [-0.39, 0.29) is 21.5 Å². The quantitative estimate of drug-likeness (QED) is 0.644. The lowest BCUT2D eigenvalue weighted by Gasteiger charge is -2.05. The van der Waals surface area contributed by atoms with E-state index < -0.39 is 10.0 Å². The number of ketones is 1. The van der Waals surface area contributed by atoms with Gasteiger partial charge in [-0.15, -0.1) is 11.3 Å². The van der Waals surface area contributed by atoms with Gasteiger partial charge < -0.3 is 0 Å². The number of aromatic nitrogens is 1. The van der Waals surface area contributed by atoms with Crippen LogP contribution in [-0.4, -0.2) is 19.2 Å². The second-order valence-electron chi connectivity index (χ2n) is 3.98. The fraction of sp³-hybridized carbons (Fsp3) is 0.167. The summed E-state index contributed by atoms with van der Waals surface area (Å²) in [5.41, 5.74) is 1.24. The zero-order chi connectivity index (χ0) is 14.8. The second kappa shape index (κ2) is 6.02. The summed E-state index contributed by atoms with van der Waals surface area (Å²) in [4.78, 5) is 15.2. The normalized spacial score (nSPS) is 11.3. The molecule has 0 aliphatic heterocycles. The number of nitrogens with one attached hydrogen (secondary N) is 1. The molecule has 1 heterocycles. The molecule has 2 rings (SSSR count). The molecule has 8 heteroatoms. The summed E-state index contributed by atoms with van der Waals surface area (Å²) in [6.45, 7) is 1.38. The molecule has 2 aromatic rings. The largest absolute Gasteiger partial charge is 0.293 e. The van der Waals surface area contributed by atoms with E-state index in [4.69, 9.17) is 0 Å². The molecule has 20 heavy (non-hydrogen) atoms. The Labute approximate surface area is 129 Å². The second-order valence-corrected chi connectivity index (χ2v) is 7.08. The van der Waals surface area contributed by atoms with E-state index in [0.717, 1.165) is 16.9 Å². The third-order valence-electron chi connectivity index (χ3n) is 2.47. The predicted octanol–water partition coefficient (Wildman–Crippen LogP) is 3.04. The van der Waals surface area contributed by atoms with Crippen LogP contribution in [-0.2, 0) is 15.4 Å². The van der Waals surface area contributed by atoms with Crippen molar-refractivity contribution in [1.82, 2.24) is 4.98 Å². The number of Topliss-reactive ketones (excluding diaryl/α,β-unsaturated/α-hetero) is 1. The third kappa shape index (κ3) is 3.44. The van der Waals surface area contributed by atoms with Gasteiger partial charge in [-0.2, -0.15) is 0 Å². The van der Waals surface area contributed by atoms with Gasteiger partial charge >= 0.3 is 0 Å². The van der Waals surface area contributed by atoms with Crippen molar-refractivity contribution in [3.05, 3.63) is 40.9 Å². The highest BCUT2D eigenvalue weighted by atomic mass is 79.9. The van der Waals surface area contributed by atoms with Crippen LogP contribution in [0.2, 0.25) is 0 Å². The van der Waals surface area contributed by atoms with Crippen LogP contribution in [0.1, 0.15) is 23.0 Å². The van der Waals surface area contributed by atoms with Gasteiger partial charge in [0, 0.05) is 17.6 Å². The lowest BCUT2D eigenvalue weighted by Crippen LogP contribution is -2.13. The van der Waals surface area contributed by atoms with E-state index in [1.54, 1.807) is 12.1 Å². The van der Waals surface area contributed by atoms with E-state index in [0.29, 0.717) is 5.33 Å². The SMILES string of the molecule is CC(=O)c1csc(NS(=O)(=O)c2ccc(CBr)cc2)n1. The number of carbonyl (C=O) groups excluding carboxylic acids is 1. The minimum Gasteiger partial charge on any atom is -0.293 e. The first-order valence-corrected chi connectivity index (χ1v) is 9.05. The maximum absolute atomic E-state index is 12.1. The van der Waals surface area contributed by atoms with E-state index in [1.807, 2.05) is 0 Å². The molecule has 5 nitrogen and oxygen atoms in total. The lowest BCUT2D eigenvalue weighted by molar-refractivity contribution is 0.101. The molecule has 1 N–H and O–H groups in total. The van der Waals surface area contributed by atoms with Crippen molar-refractivity contribution in [2.75, 3.05) is 4.72 Å². The highest BCUT2D eigenvalue weighted by Gasteiger charge is 2.16. The Balaban J connectivity index is 2.23. The molecule has 0 aliphatic rings. The van der Waals surface area contributed by atoms with Crippen LogP contribution in [0.5, 0.6) is 0 Å². The number of alkyl halides is 1. The first-order valence-electron chi connectivity index (χ1n) is 5.56. The standard InChI is InChI=1S/C12H11BrN2O3S2/c1-8(16)11-7-19-12(14-11)15-20(17,18)10-4-2-9(6-13)3-5-10/h2-5,7H,6H2,1H3,(H,14,15). The van der Waals surface area contributed by atoms with Gasteiger partial charge in [-0.3, -0.25) is 9.52 Å². The van der Waals surface area contributed by atoms with Crippen molar-refractivity contribution in [2.45, 2.75) is 17.1 Å². The minimum atomic E-state index is -3.68. The summed E-state index contributed by atoms with van der Waals surface area (Å²) in [6.07, 6.45) is 0. The number of sulfonamides is 1. The van der Waals surface area contributed by atoms with Gasteiger partial charge in [-0.05, 0) is 17.7 Å². The van der Waals surface area contributed by atoms with Crippen LogP contribution in [0.15, 0.2) is 34.5 Å². The maximum atomic E-state index is 12.1.